The van der Waals surface area contributed by atoms with Crippen LogP contribution in [-0.2, 0) is 10.0 Å². The maximum absolute atomic E-state index is 12.6. The first-order valence-electron chi connectivity index (χ1n) is 9.24. The molecule has 0 heterocycles. The quantitative estimate of drug-likeness (QED) is 0.626. The summed E-state index contributed by atoms with van der Waals surface area (Å²) in [6.45, 7) is 7.83. The monoisotopic (exact) mass is 408 g/mol. The predicted molar refractivity (Wildman–Crippen MR) is 117 cm³/mol. The van der Waals surface area contributed by atoms with Crippen molar-refractivity contribution in [3.63, 3.8) is 0 Å². The van der Waals surface area contributed by atoms with E-state index in [-0.39, 0.29) is 10.8 Å². The van der Waals surface area contributed by atoms with Crippen LogP contribution in [0, 0.1) is 27.7 Å². The fraction of sp³-hybridized carbons (Fsp3) is 0.174. The van der Waals surface area contributed by atoms with E-state index in [2.05, 4.69) is 10.0 Å². The highest BCUT2D eigenvalue weighted by Gasteiger charge is 2.15. The number of carbonyl (C=O) groups is 1. The van der Waals surface area contributed by atoms with E-state index in [4.69, 9.17) is 0 Å². The standard InChI is InChI=1S/C23H24N2O3S/c1-15-5-11-21(12-6-15)29(27,28)25-20-9-7-19(8-10-20)23(26)24-22-17(3)13-16(2)14-18(22)4/h5-14,25H,1-4H3,(H,24,26). The van der Waals surface area contributed by atoms with Crippen LogP contribution in [0.3, 0.4) is 0 Å². The molecule has 5 nitrogen and oxygen atoms in total. The molecule has 0 aliphatic heterocycles. The predicted octanol–water partition coefficient (Wildman–Crippen LogP) is 4.97. The van der Waals surface area contributed by atoms with E-state index >= 15 is 0 Å². The summed E-state index contributed by atoms with van der Waals surface area (Å²) in [6.07, 6.45) is 0. The third-order valence-electron chi connectivity index (χ3n) is 4.65. The SMILES string of the molecule is Cc1ccc(S(=O)(=O)Nc2ccc(C(=O)Nc3c(C)cc(C)cc3C)cc2)cc1. The smallest absolute Gasteiger partial charge is 0.261 e. The highest BCUT2D eigenvalue weighted by molar-refractivity contribution is 7.92. The summed E-state index contributed by atoms with van der Waals surface area (Å²) in [7, 11) is -3.68. The minimum absolute atomic E-state index is 0.190. The van der Waals surface area contributed by atoms with Gasteiger partial charge in [-0.05, 0) is 75.2 Å². The molecule has 2 N–H and O–H groups in total. The topological polar surface area (TPSA) is 75.3 Å². The second kappa shape index (κ2) is 8.09. The Bertz CT molecular complexity index is 1130. The minimum atomic E-state index is -3.68. The number of sulfonamides is 1. The van der Waals surface area contributed by atoms with Gasteiger partial charge in [-0.25, -0.2) is 8.42 Å². The molecule has 0 unspecified atom stereocenters. The van der Waals surface area contributed by atoms with E-state index in [0.29, 0.717) is 11.3 Å². The van der Waals surface area contributed by atoms with Crippen molar-refractivity contribution < 1.29 is 13.2 Å². The number of amides is 1. The maximum atomic E-state index is 12.6. The highest BCUT2D eigenvalue weighted by atomic mass is 32.2. The van der Waals surface area contributed by atoms with Crippen LogP contribution in [-0.4, -0.2) is 14.3 Å². The largest absolute Gasteiger partial charge is 0.322 e. The molecule has 3 aromatic carbocycles. The van der Waals surface area contributed by atoms with Gasteiger partial charge in [0.15, 0.2) is 0 Å². The zero-order chi connectivity index (χ0) is 21.2. The van der Waals surface area contributed by atoms with Crippen LogP contribution >= 0.6 is 0 Å². The van der Waals surface area contributed by atoms with Gasteiger partial charge in [0.25, 0.3) is 15.9 Å². The number of benzene rings is 3. The number of hydrogen-bond donors (Lipinski definition) is 2. The fourth-order valence-electron chi connectivity index (χ4n) is 3.18. The first kappa shape index (κ1) is 20.6. The van der Waals surface area contributed by atoms with Crippen molar-refractivity contribution in [1.82, 2.24) is 0 Å². The van der Waals surface area contributed by atoms with Crippen molar-refractivity contribution in [2.24, 2.45) is 0 Å². The van der Waals surface area contributed by atoms with Crippen LogP contribution in [0.15, 0.2) is 65.6 Å². The molecule has 0 radical (unpaired) electrons. The van der Waals surface area contributed by atoms with Crippen molar-refractivity contribution in [3.8, 4) is 0 Å². The van der Waals surface area contributed by atoms with E-state index < -0.39 is 10.0 Å². The van der Waals surface area contributed by atoms with E-state index in [1.54, 1.807) is 48.5 Å². The van der Waals surface area contributed by atoms with Gasteiger partial charge in [-0.2, -0.15) is 0 Å². The van der Waals surface area contributed by atoms with Crippen molar-refractivity contribution in [3.05, 3.63) is 88.5 Å². The Balaban J connectivity index is 1.75. The molecule has 0 fully saturated rings. The van der Waals surface area contributed by atoms with Crippen LogP contribution in [0.25, 0.3) is 0 Å². The lowest BCUT2D eigenvalue weighted by atomic mass is 10.0. The number of anilines is 2. The van der Waals surface area contributed by atoms with E-state index in [9.17, 15) is 13.2 Å². The molecule has 6 heteroatoms. The molecule has 0 saturated heterocycles. The molecule has 3 aromatic rings. The third-order valence-corrected chi connectivity index (χ3v) is 6.04. The Morgan fingerprint density at radius 1 is 0.759 bits per heavy atom. The van der Waals surface area contributed by atoms with Gasteiger partial charge in [-0.15, -0.1) is 0 Å². The molecule has 150 valence electrons. The maximum Gasteiger partial charge on any atom is 0.261 e. The summed E-state index contributed by atoms with van der Waals surface area (Å²) in [4.78, 5) is 12.8. The van der Waals surface area contributed by atoms with Gasteiger partial charge in [-0.3, -0.25) is 9.52 Å². The Kier molecular flexibility index (Phi) is 5.75. The minimum Gasteiger partial charge on any atom is -0.322 e. The third kappa shape index (κ3) is 4.84. The van der Waals surface area contributed by atoms with E-state index in [0.717, 1.165) is 27.9 Å². The number of hydrogen-bond acceptors (Lipinski definition) is 3. The molecule has 3 rings (SSSR count). The van der Waals surface area contributed by atoms with Crippen molar-refractivity contribution in [2.75, 3.05) is 10.0 Å². The van der Waals surface area contributed by atoms with Gasteiger partial charge in [0.2, 0.25) is 0 Å². The zero-order valence-corrected chi connectivity index (χ0v) is 17.7. The summed E-state index contributed by atoms with van der Waals surface area (Å²) in [5.74, 6) is -0.243. The molecule has 0 aliphatic carbocycles. The average Bonchev–Trinajstić information content (AvgIpc) is 2.65. The van der Waals surface area contributed by atoms with Gasteiger partial charge in [0.1, 0.15) is 0 Å². The normalized spacial score (nSPS) is 11.2. The molecule has 0 saturated carbocycles. The van der Waals surface area contributed by atoms with Crippen LogP contribution in [0.4, 0.5) is 11.4 Å². The first-order chi connectivity index (χ1) is 13.7. The second-order valence-corrected chi connectivity index (χ2v) is 8.91. The lowest BCUT2D eigenvalue weighted by Crippen LogP contribution is -2.15. The molecule has 1 amide bonds. The van der Waals surface area contributed by atoms with Gasteiger partial charge >= 0.3 is 0 Å². The lowest BCUT2D eigenvalue weighted by molar-refractivity contribution is 0.102. The summed E-state index contributed by atoms with van der Waals surface area (Å²) in [5.41, 5.74) is 5.76. The van der Waals surface area contributed by atoms with Gasteiger partial charge < -0.3 is 5.32 Å². The molecular formula is C23H24N2O3S. The van der Waals surface area contributed by atoms with Crippen molar-refractivity contribution in [1.29, 1.82) is 0 Å². The summed E-state index contributed by atoms with van der Waals surface area (Å²) in [5, 5.41) is 2.94. The number of nitrogens with one attached hydrogen (secondary N) is 2. The molecule has 0 aromatic heterocycles. The fourth-order valence-corrected chi connectivity index (χ4v) is 4.24. The first-order valence-corrected chi connectivity index (χ1v) is 10.7. The highest BCUT2D eigenvalue weighted by Crippen LogP contribution is 2.23. The van der Waals surface area contributed by atoms with Crippen LogP contribution in [0.2, 0.25) is 0 Å². The van der Waals surface area contributed by atoms with Crippen LogP contribution < -0.4 is 10.0 Å². The molecule has 0 spiro atoms. The Hall–Kier alpha value is -3.12. The van der Waals surface area contributed by atoms with Gasteiger partial charge in [-0.1, -0.05) is 35.4 Å². The van der Waals surface area contributed by atoms with E-state index in [1.807, 2.05) is 39.8 Å². The molecule has 0 atom stereocenters. The number of carbonyl (C=O) groups excluding carboxylic acids is 1. The Labute approximate surface area is 171 Å². The molecule has 29 heavy (non-hydrogen) atoms. The van der Waals surface area contributed by atoms with Crippen molar-refractivity contribution in [2.45, 2.75) is 32.6 Å². The van der Waals surface area contributed by atoms with Crippen LogP contribution in [0.1, 0.15) is 32.6 Å². The van der Waals surface area contributed by atoms with Gasteiger partial charge in [0.05, 0.1) is 4.90 Å². The van der Waals surface area contributed by atoms with Crippen LogP contribution in [0.5, 0.6) is 0 Å². The second-order valence-electron chi connectivity index (χ2n) is 7.22. The van der Waals surface area contributed by atoms with E-state index in [1.165, 1.54) is 0 Å². The number of rotatable bonds is 5. The lowest BCUT2D eigenvalue weighted by Gasteiger charge is -2.13. The molecule has 0 aliphatic rings. The molecule has 0 bridgehead atoms. The molecular weight excluding hydrogens is 384 g/mol. The summed E-state index contributed by atoms with van der Waals surface area (Å²) >= 11 is 0. The zero-order valence-electron chi connectivity index (χ0n) is 16.9. The number of aryl methyl sites for hydroxylation is 4. The van der Waals surface area contributed by atoms with Crippen molar-refractivity contribution >= 4 is 27.3 Å². The Morgan fingerprint density at radius 3 is 1.86 bits per heavy atom. The summed E-state index contributed by atoms with van der Waals surface area (Å²) in [6, 6.07) is 17.0. The Morgan fingerprint density at radius 2 is 1.31 bits per heavy atom. The average molecular weight is 409 g/mol. The van der Waals surface area contributed by atoms with Gasteiger partial charge in [0, 0.05) is 16.9 Å². The summed E-state index contributed by atoms with van der Waals surface area (Å²) < 4.78 is 27.5.